The van der Waals surface area contributed by atoms with Crippen LogP contribution in [0.4, 0.5) is 0 Å². The van der Waals surface area contributed by atoms with E-state index >= 15 is 0 Å². The zero-order chi connectivity index (χ0) is 17.9. The summed E-state index contributed by atoms with van der Waals surface area (Å²) < 4.78 is 0. The van der Waals surface area contributed by atoms with Crippen LogP contribution in [0.1, 0.15) is 42.7 Å². The van der Waals surface area contributed by atoms with Crippen molar-refractivity contribution in [2.75, 3.05) is 0 Å². The molecule has 130 valence electrons. The van der Waals surface area contributed by atoms with E-state index in [2.05, 4.69) is 87.6 Å². The van der Waals surface area contributed by atoms with Gasteiger partial charge < -0.3 is 0 Å². The van der Waals surface area contributed by atoms with Gasteiger partial charge in [0.2, 0.25) is 0 Å². The fourth-order valence-corrected chi connectivity index (χ4v) is 4.33. The van der Waals surface area contributed by atoms with E-state index < -0.39 is 0 Å². The number of hydrogen-bond donors (Lipinski definition) is 0. The van der Waals surface area contributed by atoms with E-state index in [1.165, 1.54) is 59.1 Å². The Morgan fingerprint density at radius 1 is 0.692 bits per heavy atom. The lowest BCUT2D eigenvalue weighted by Gasteiger charge is -2.26. The molecule has 26 heavy (non-hydrogen) atoms. The van der Waals surface area contributed by atoms with Gasteiger partial charge in [0.25, 0.3) is 0 Å². The molecule has 3 aromatic carbocycles. The lowest BCUT2D eigenvalue weighted by Crippen LogP contribution is -2.09. The highest BCUT2D eigenvalue weighted by Crippen LogP contribution is 2.37. The Hall–Kier alpha value is -2.28. The Morgan fingerprint density at radius 3 is 2.00 bits per heavy atom. The van der Waals surface area contributed by atoms with E-state index in [1.54, 1.807) is 0 Å². The summed E-state index contributed by atoms with van der Waals surface area (Å²) in [5.41, 5.74) is 8.10. The van der Waals surface area contributed by atoms with Crippen LogP contribution in [0, 0.1) is 6.92 Å². The summed E-state index contributed by atoms with van der Waals surface area (Å²) in [6.45, 7) is 2.21. The van der Waals surface area contributed by atoms with Gasteiger partial charge in [0.15, 0.2) is 0 Å². The van der Waals surface area contributed by atoms with E-state index in [9.17, 15) is 0 Å². The Bertz CT molecular complexity index is 856. The first-order chi connectivity index (χ1) is 12.7. The van der Waals surface area contributed by atoms with Crippen LogP contribution in [0.25, 0.3) is 22.3 Å². The topological polar surface area (TPSA) is 0 Å². The molecule has 0 spiro atoms. The van der Waals surface area contributed by atoms with Gasteiger partial charge in [-0.3, -0.25) is 0 Å². The van der Waals surface area contributed by atoms with E-state index in [0.717, 1.165) is 11.7 Å². The summed E-state index contributed by atoms with van der Waals surface area (Å²) in [7, 11) is 2.39. The van der Waals surface area contributed by atoms with Gasteiger partial charge in [0, 0.05) is 0 Å². The molecule has 4 rings (SSSR count). The average molecular weight is 338 g/mol. The lowest BCUT2D eigenvalue weighted by molar-refractivity contribution is 0.444. The highest BCUT2D eigenvalue weighted by Gasteiger charge is 2.19. The van der Waals surface area contributed by atoms with Gasteiger partial charge in [0.05, 0.1) is 0 Å². The van der Waals surface area contributed by atoms with Crippen LogP contribution in [0.2, 0.25) is 5.82 Å². The van der Waals surface area contributed by atoms with Crippen molar-refractivity contribution < 1.29 is 0 Å². The third-order valence-electron chi connectivity index (χ3n) is 6.04. The first-order valence-corrected chi connectivity index (χ1v) is 9.97. The second-order valence-electron chi connectivity index (χ2n) is 7.97. The molecule has 0 aromatic heterocycles. The molecule has 1 saturated carbocycles. The molecule has 0 N–H and O–H groups in total. The minimum atomic E-state index is 0.766. The first kappa shape index (κ1) is 17.2. The molecule has 0 nitrogen and oxygen atoms in total. The molecule has 0 heterocycles. The standard InChI is InChI=1S/C25H27B/c1-18-17-23(13-16-25(18)22-5-3-2-4-6-22)21-9-7-19(8-10-21)20-11-14-24(26)15-12-20/h2-10,13,16-17,20,24H,11-12,14-15,26H2,1H3. The van der Waals surface area contributed by atoms with E-state index in [0.29, 0.717) is 0 Å². The van der Waals surface area contributed by atoms with Crippen LogP contribution in [-0.4, -0.2) is 7.85 Å². The van der Waals surface area contributed by atoms with Crippen molar-refractivity contribution in [3.05, 3.63) is 83.9 Å². The molecular formula is C25H27B. The van der Waals surface area contributed by atoms with Gasteiger partial charge in [-0.15, -0.1) is 0 Å². The third-order valence-corrected chi connectivity index (χ3v) is 6.04. The fourth-order valence-electron chi connectivity index (χ4n) is 4.33. The van der Waals surface area contributed by atoms with Crippen LogP contribution < -0.4 is 0 Å². The van der Waals surface area contributed by atoms with Crippen LogP contribution in [0.5, 0.6) is 0 Å². The summed E-state index contributed by atoms with van der Waals surface area (Å²) in [6.07, 6.45) is 5.47. The molecular weight excluding hydrogens is 311 g/mol. The minimum absolute atomic E-state index is 0.766. The number of aryl methyl sites for hydroxylation is 1. The van der Waals surface area contributed by atoms with E-state index in [-0.39, 0.29) is 0 Å². The molecule has 0 saturated heterocycles. The average Bonchev–Trinajstić information content (AvgIpc) is 2.69. The largest absolute Gasteiger partial charge is 0.105 e. The second kappa shape index (κ2) is 7.54. The first-order valence-electron chi connectivity index (χ1n) is 9.97. The molecule has 0 atom stereocenters. The Morgan fingerprint density at radius 2 is 1.35 bits per heavy atom. The van der Waals surface area contributed by atoms with Crippen molar-refractivity contribution in [2.45, 2.75) is 44.3 Å². The van der Waals surface area contributed by atoms with Gasteiger partial charge in [-0.1, -0.05) is 91.5 Å². The Balaban J connectivity index is 1.55. The lowest BCUT2D eigenvalue weighted by atomic mass is 9.70. The number of benzene rings is 3. The molecule has 1 fully saturated rings. The molecule has 1 heteroatoms. The van der Waals surface area contributed by atoms with Crippen molar-refractivity contribution in [3.63, 3.8) is 0 Å². The molecule has 3 aromatic rings. The summed E-state index contributed by atoms with van der Waals surface area (Å²) in [5.74, 6) is 1.68. The molecule has 0 amide bonds. The third kappa shape index (κ3) is 3.63. The van der Waals surface area contributed by atoms with Gasteiger partial charge in [-0.25, -0.2) is 0 Å². The molecule has 1 aliphatic rings. The zero-order valence-corrected chi connectivity index (χ0v) is 15.9. The highest BCUT2D eigenvalue weighted by atomic mass is 14.2. The SMILES string of the molecule is BC1CCC(c2ccc(-c3ccc(-c4ccccc4)c(C)c3)cc2)CC1. The number of rotatable bonds is 3. The quantitative estimate of drug-likeness (QED) is 0.484. The van der Waals surface area contributed by atoms with Gasteiger partial charge in [0.1, 0.15) is 7.85 Å². The van der Waals surface area contributed by atoms with Crippen molar-refractivity contribution in [1.29, 1.82) is 0 Å². The van der Waals surface area contributed by atoms with E-state index in [1.807, 2.05) is 0 Å². The van der Waals surface area contributed by atoms with Crippen LogP contribution in [0.3, 0.4) is 0 Å². The van der Waals surface area contributed by atoms with Crippen LogP contribution in [0.15, 0.2) is 72.8 Å². The molecule has 0 bridgehead atoms. The van der Waals surface area contributed by atoms with Gasteiger partial charge in [-0.2, -0.15) is 0 Å². The summed E-state index contributed by atoms with van der Waals surface area (Å²) in [5, 5.41) is 0. The zero-order valence-electron chi connectivity index (χ0n) is 15.9. The maximum Gasteiger partial charge on any atom is 0.105 e. The highest BCUT2D eigenvalue weighted by molar-refractivity contribution is 6.11. The minimum Gasteiger partial charge on any atom is -0.0697 e. The fraction of sp³-hybridized carbons (Fsp3) is 0.280. The Kier molecular flexibility index (Phi) is 4.97. The molecule has 0 radical (unpaired) electrons. The van der Waals surface area contributed by atoms with Crippen molar-refractivity contribution >= 4 is 7.85 Å². The second-order valence-corrected chi connectivity index (χ2v) is 7.97. The number of hydrogen-bond acceptors (Lipinski definition) is 0. The van der Waals surface area contributed by atoms with Crippen molar-refractivity contribution in [2.24, 2.45) is 0 Å². The summed E-state index contributed by atoms with van der Waals surface area (Å²) in [6, 6.07) is 26.8. The van der Waals surface area contributed by atoms with E-state index in [4.69, 9.17) is 0 Å². The van der Waals surface area contributed by atoms with Gasteiger partial charge in [-0.05, 0) is 59.1 Å². The maximum absolute atomic E-state index is 2.39. The van der Waals surface area contributed by atoms with Crippen LogP contribution >= 0.6 is 0 Å². The predicted molar refractivity (Wildman–Crippen MR) is 116 cm³/mol. The van der Waals surface area contributed by atoms with Crippen molar-refractivity contribution in [1.82, 2.24) is 0 Å². The Labute approximate surface area is 158 Å². The smallest absolute Gasteiger partial charge is 0.0697 e. The predicted octanol–water partition coefficient (Wildman–Crippen LogP) is 6.41. The van der Waals surface area contributed by atoms with Crippen LogP contribution in [-0.2, 0) is 0 Å². The maximum atomic E-state index is 2.39. The monoisotopic (exact) mass is 338 g/mol. The molecule has 0 unspecified atom stereocenters. The summed E-state index contributed by atoms with van der Waals surface area (Å²) >= 11 is 0. The van der Waals surface area contributed by atoms with Gasteiger partial charge >= 0.3 is 0 Å². The molecule has 1 aliphatic carbocycles. The van der Waals surface area contributed by atoms with Crippen molar-refractivity contribution in [3.8, 4) is 22.3 Å². The molecule has 0 aliphatic heterocycles. The summed E-state index contributed by atoms with van der Waals surface area (Å²) in [4.78, 5) is 0. The normalized spacial score (nSPS) is 20.0.